The molecule has 2 aromatic rings. The predicted molar refractivity (Wildman–Crippen MR) is 62.2 cm³/mol. The van der Waals surface area contributed by atoms with Gasteiger partial charge in [0.05, 0.1) is 0 Å². The fourth-order valence-corrected chi connectivity index (χ4v) is 2.45. The second-order valence-corrected chi connectivity index (χ2v) is 5.04. The molecule has 0 aliphatic rings. The third-order valence-electron chi connectivity index (χ3n) is 1.93. The van der Waals surface area contributed by atoms with Gasteiger partial charge in [-0.3, -0.25) is 0 Å². The normalized spacial score (nSPS) is 9.87. The van der Waals surface area contributed by atoms with Crippen molar-refractivity contribution < 1.29 is 4.79 Å². The minimum absolute atomic E-state index is 0.0770. The van der Waals surface area contributed by atoms with Crippen LogP contribution in [0.1, 0.15) is 10.4 Å². The Morgan fingerprint density at radius 1 is 1.20 bits per heavy atom. The number of nitrogens with two attached hydrogens (primary N) is 1. The number of rotatable bonds is 2. The molecule has 3 nitrogen and oxygen atoms in total. The van der Waals surface area contributed by atoms with Gasteiger partial charge in [0, 0.05) is 0 Å². The van der Waals surface area contributed by atoms with Crippen LogP contribution >= 0.6 is 0 Å². The summed E-state index contributed by atoms with van der Waals surface area (Å²) >= 11 is 0.267. The van der Waals surface area contributed by atoms with Crippen molar-refractivity contribution in [3.8, 4) is 0 Å². The summed E-state index contributed by atoms with van der Waals surface area (Å²) in [6.45, 7) is 0. The van der Waals surface area contributed by atoms with Crippen LogP contribution in [0.3, 0.4) is 0 Å². The Bertz CT molecular complexity index is 448. The molecule has 1 heterocycles. The first kappa shape index (κ1) is 10.0. The third-order valence-corrected chi connectivity index (χ3v) is 3.58. The monoisotopic (exact) mass is 266 g/mol. The minimum atomic E-state index is -0.0770. The van der Waals surface area contributed by atoms with Gasteiger partial charge >= 0.3 is 93.4 Å². The van der Waals surface area contributed by atoms with E-state index in [2.05, 4.69) is 10.3 Å². The van der Waals surface area contributed by atoms with E-state index < -0.39 is 0 Å². The van der Waals surface area contributed by atoms with Gasteiger partial charge in [-0.25, -0.2) is 0 Å². The first-order valence-corrected chi connectivity index (χ1v) is 6.30. The van der Waals surface area contributed by atoms with Crippen LogP contribution in [0.15, 0.2) is 41.3 Å². The van der Waals surface area contributed by atoms with Gasteiger partial charge in [0.25, 0.3) is 0 Å². The number of hydrogen-bond acceptors (Lipinski definition) is 2. The van der Waals surface area contributed by atoms with E-state index >= 15 is 0 Å². The molecule has 2 rings (SSSR count). The van der Waals surface area contributed by atoms with Crippen molar-refractivity contribution in [2.45, 2.75) is 0 Å². The molecule has 1 aromatic heterocycles. The summed E-state index contributed by atoms with van der Waals surface area (Å²) in [7, 11) is 0. The summed E-state index contributed by atoms with van der Waals surface area (Å²) in [5.74, 6) is -0.0770. The Kier molecular flexibility index (Phi) is 2.90. The van der Waals surface area contributed by atoms with E-state index in [0.29, 0.717) is 11.3 Å². The van der Waals surface area contributed by atoms with E-state index in [1.54, 1.807) is 24.3 Å². The quantitative estimate of drug-likeness (QED) is 0.639. The topological polar surface area (TPSA) is 55.1 Å². The number of amides is 1. The molecule has 0 atom stereocenters. The summed E-state index contributed by atoms with van der Waals surface area (Å²) < 4.78 is 0.990. The van der Waals surface area contributed by atoms with Crippen LogP contribution in [0.4, 0.5) is 10.2 Å². The molecule has 1 amide bonds. The van der Waals surface area contributed by atoms with Crippen molar-refractivity contribution in [2.75, 3.05) is 11.1 Å². The van der Waals surface area contributed by atoms with Gasteiger partial charge in [-0.15, -0.1) is 0 Å². The first-order valence-electron chi connectivity index (χ1n) is 4.46. The molecule has 0 fully saturated rings. The van der Waals surface area contributed by atoms with Gasteiger partial charge in [0.1, 0.15) is 0 Å². The molecule has 0 bridgehead atoms. The van der Waals surface area contributed by atoms with Crippen LogP contribution in [0.25, 0.3) is 0 Å². The fourth-order valence-electron chi connectivity index (χ4n) is 1.17. The predicted octanol–water partition coefficient (Wildman–Crippen LogP) is 1.58. The standard InChI is InChI=1S/C11H10N2OSe/c12-9-5-3-8(4-6-9)11(14)13-10-2-1-7-15-10/h1-7H,12H2,(H,13,14). The van der Waals surface area contributed by atoms with Crippen molar-refractivity contribution in [3.05, 3.63) is 46.9 Å². The maximum absolute atomic E-state index is 11.7. The number of nitrogen functional groups attached to an aromatic ring is 1. The second-order valence-electron chi connectivity index (χ2n) is 3.05. The summed E-state index contributed by atoms with van der Waals surface area (Å²) in [5.41, 5.74) is 6.84. The zero-order chi connectivity index (χ0) is 10.7. The maximum atomic E-state index is 11.7. The van der Waals surface area contributed by atoms with Crippen LogP contribution in [-0.4, -0.2) is 20.4 Å². The van der Waals surface area contributed by atoms with E-state index in [0.717, 1.165) is 4.56 Å². The zero-order valence-corrected chi connectivity index (χ0v) is 9.65. The molecule has 0 saturated carbocycles. The van der Waals surface area contributed by atoms with Gasteiger partial charge < -0.3 is 0 Å². The van der Waals surface area contributed by atoms with E-state index in [4.69, 9.17) is 5.73 Å². The third kappa shape index (κ3) is 2.49. The molecular weight excluding hydrogens is 255 g/mol. The number of benzene rings is 1. The number of nitrogens with one attached hydrogen (secondary N) is 1. The van der Waals surface area contributed by atoms with Gasteiger partial charge in [-0.05, 0) is 0 Å². The van der Waals surface area contributed by atoms with Crippen LogP contribution < -0.4 is 11.1 Å². The Labute approximate surface area is 93.7 Å². The van der Waals surface area contributed by atoms with Crippen LogP contribution in [-0.2, 0) is 0 Å². The number of carbonyl (C=O) groups excluding carboxylic acids is 1. The van der Waals surface area contributed by atoms with Gasteiger partial charge in [0.2, 0.25) is 0 Å². The van der Waals surface area contributed by atoms with Crippen molar-refractivity contribution in [1.82, 2.24) is 0 Å². The summed E-state index contributed by atoms with van der Waals surface area (Å²) in [5, 5.41) is 2.86. The fraction of sp³-hybridized carbons (Fsp3) is 0. The second kappa shape index (κ2) is 4.34. The average Bonchev–Trinajstić information content (AvgIpc) is 2.71. The molecule has 0 saturated heterocycles. The van der Waals surface area contributed by atoms with Crippen LogP contribution in [0.2, 0.25) is 0 Å². The van der Waals surface area contributed by atoms with E-state index in [-0.39, 0.29) is 20.4 Å². The Morgan fingerprint density at radius 2 is 1.93 bits per heavy atom. The molecule has 0 radical (unpaired) electrons. The molecular formula is C11H10N2OSe. The zero-order valence-electron chi connectivity index (χ0n) is 7.94. The molecule has 76 valence electrons. The Morgan fingerprint density at radius 3 is 2.53 bits per heavy atom. The van der Waals surface area contributed by atoms with Crippen molar-refractivity contribution in [1.29, 1.82) is 0 Å². The van der Waals surface area contributed by atoms with Crippen molar-refractivity contribution in [3.63, 3.8) is 0 Å². The summed E-state index contributed by atoms with van der Waals surface area (Å²) in [6.07, 6.45) is 0. The molecule has 0 aliphatic carbocycles. The molecule has 0 aliphatic heterocycles. The van der Waals surface area contributed by atoms with Crippen molar-refractivity contribution >= 4 is 30.7 Å². The SMILES string of the molecule is Nc1ccc(C(=O)Nc2ccc[se]2)cc1. The van der Waals surface area contributed by atoms with E-state index in [9.17, 15) is 4.79 Å². The van der Waals surface area contributed by atoms with Crippen molar-refractivity contribution in [2.24, 2.45) is 0 Å². The number of anilines is 2. The van der Waals surface area contributed by atoms with Crippen LogP contribution in [0.5, 0.6) is 0 Å². The average molecular weight is 265 g/mol. The summed E-state index contributed by atoms with van der Waals surface area (Å²) in [4.78, 5) is 13.8. The molecule has 3 N–H and O–H groups in total. The summed E-state index contributed by atoms with van der Waals surface area (Å²) in [6, 6.07) is 10.8. The van der Waals surface area contributed by atoms with Crippen LogP contribution in [0, 0.1) is 0 Å². The van der Waals surface area contributed by atoms with E-state index in [1.807, 2.05) is 12.1 Å². The van der Waals surface area contributed by atoms with Gasteiger partial charge in [-0.1, -0.05) is 0 Å². The van der Waals surface area contributed by atoms with Gasteiger partial charge in [-0.2, -0.15) is 0 Å². The molecule has 1 aromatic carbocycles. The van der Waals surface area contributed by atoms with Gasteiger partial charge in [0.15, 0.2) is 0 Å². The van der Waals surface area contributed by atoms with E-state index in [1.165, 1.54) is 0 Å². The molecule has 15 heavy (non-hydrogen) atoms. The number of hydrogen-bond donors (Lipinski definition) is 2. The Balaban J connectivity index is 2.11. The molecule has 0 unspecified atom stereocenters. The molecule has 0 spiro atoms. The molecule has 4 heteroatoms. The Hall–Kier alpha value is -1.51. The number of carbonyl (C=O) groups is 1. The first-order chi connectivity index (χ1) is 7.25.